The van der Waals surface area contributed by atoms with Gasteiger partial charge in [0.25, 0.3) is 0 Å². The van der Waals surface area contributed by atoms with Crippen molar-refractivity contribution in [2.45, 2.75) is 26.8 Å². The molecule has 0 saturated carbocycles. The summed E-state index contributed by atoms with van der Waals surface area (Å²) in [6, 6.07) is 0. The van der Waals surface area contributed by atoms with Gasteiger partial charge in [-0.1, -0.05) is 5.16 Å². The molecular weight excluding hydrogens is 234 g/mol. The quantitative estimate of drug-likeness (QED) is 0.729. The summed E-state index contributed by atoms with van der Waals surface area (Å²) in [4.78, 5) is 11.8. The summed E-state index contributed by atoms with van der Waals surface area (Å²) in [6.45, 7) is 3.95. The Labute approximate surface area is 104 Å². The highest BCUT2D eigenvalue weighted by Crippen LogP contribution is 2.13. The van der Waals surface area contributed by atoms with Crippen LogP contribution in [0, 0.1) is 13.8 Å². The van der Waals surface area contributed by atoms with Crippen LogP contribution in [0.5, 0.6) is 0 Å². The first-order valence-electron chi connectivity index (χ1n) is 5.54. The third-order valence-corrected chi connectivity index (χ3v) is 2.75. The smallest absolute Gasteiger partial charge is 0.224 e. The normalized spacial score (nSPS) is 10.6. The van der Waals surface area contributed by atoms with E-state index in [9.17, 15) is 4.79 Å². The number of H-pyrrole nitrogens is 1. The molecule has 0 aliphatic rings. The molecule has 18 heavy (non-hydrogen) atoms. The highest BCUT2D eigenvalue weighted by molar-refractivity contribution is 5.79. The highest BCUT2D eigenvalue weighted by Gasteiger charge is 2.13. The molecule has 0 saturated heterocycles. The van der Waals surface area contributed by atoms with Gasteiger partial charge in [-0.15, -0.1) is 0 Å². The summed E-state index contributed by atoms with van der Waals surface area (Å²) in [5, 5.41) is 13.0. The molecule has 4 N–H and O–H groups in total. The Morgan fingerprint density at radius 1 is 1.56 bits per heavy atom. The summed E-state index contributed by atoms with van der Waals surface area (Å²) in [5.74, 6) is 1.03. The van der Waals surface area contributed by atoms with Gasteiger partial charge in [-0.2, -0.15) is 5.10 Å². The molecular formula is C11H15N5O2. The van der Waals surface area contributed by atoms with E-state index in [1.807, 2.05) is 6.92 Å². The highest BCUT2D eigenvalue weighted by atomic mass is 16.5. The maximum atomic E-state index is 11.8. The molecule has 0 atom stereocenters. The first-order chi connectivity index (χ1) is 8.58. The van der Waals surface area contributed by atoms with Crippen LogP contribution in [0.15, 0.2) is 10.7 Å². The van der Waals surface area contributed by atoms with Crippen LogP contribution in [-0.4, -0.2) is 21.3 Å². The topological polar surface area (TPSA) is 110 Å². The first-order valence-corrected chi connectivity index (χ1v) is 5.54. The number of carbonyl (C=O) groups is 1. The number of nitrogens with two attached hydrogens (primary N) is 1. The number of anilines is 1. The number of nitrogens with zero attached hydrogens (tertiary/aromatic N) is 2. The van der Waals surface area contributed by atoms with E-state index in [0.717, 1.165) is 16.8 Å². The Hall–Kier alpha value is -2.31. The average Bonchev–Trinajstić information content (AvgIpc) is 2.87. The van der Waals surface area contributed by atoms with Crippen molar-refractivity contribution < 1.29 is 9.32 Å². The zero-order valence-corrected chi connectivity index (χ0v) is 10.3. The molecule has 7 heteroatoms. The van der Waals surface area contributed by atoms with Gasteiger partial charge in [0.15, 0.2) is 0 Å². The molecule has 0 aromatic carbocycles. The third kappa shape index (κ3) is 2.50. The number of nitrogens with one attached hydrogen (secondary N) is 2. The molecule has 2 heterocycles. The Bertz CT molecular complexity index is 538. The lowest BCUT2D eigenvalue weighted by atomic mass is 10.1. The number of hydrogen-bond acceptors (Lipinski definition) is 5. The lowest BCUT2D eigenvalue weighted by Crippen LogP contribution is -2.25. The van der Waals surface area contributed by atoms with E-state index in [4.69, 9.17) is 10.3 Å². The molecule has 0 aliphatic heterocycles. The molecule has 7 nitrogen and oxygen atoms in total. The third-order valence-electron chi connectivity index (χ3n) is 2.75. The lowest BCUT2D eigenvalue weighted by molar-refractivity contribution is -0.120. The van der Waals surface area contributed by atoms with Crippen molar-refractivity contribution in [2.75, 3.05) is 5.73 Å². The summed E-state index contributed by atoms with van der Waals surface area (Å²) in [5.41, 5.74) is 7.95. The second-order valence-electron chi connectivity index (χ2n) is 4.07. The fourth-order valence-corrected chi connectivity index (χ4v) is 1.63. The Balaban J connectivity index is 1.92. The molecule has 0 bridgehead atoms. The van der Waals surface area contributed by atoms with Crippen LogP contribution in [0.2, 0.25) is 0 Å². The Kier molecular flexibility index (Phi) is 3.31. The molecule has 1 amide bonds. The van der Waals surface area contributed by atoms with E-state index in [1.54, 1.807) is 13.1 Å². The number of aromatic nitrogens is 3. The fraction of sp³-hybridized carbons (Fsp3) is 0.364. The van der Waals surface area contributed by atoms with E-state index in [0.29, 0.717) is 18.1 Å². The first kappa shape index (κ1) is 12.2. The van der Waals surface area contributed by atoms with Gasteiger partial charge in [-0.05, 0) is 13.8 Å². The van der Waals surface area contributed by atoms with Gasteiger partial charge < -0.3 is 15.6 Å². The van der Waals surface area contributed by atoms with Gasteiger partial charge in [-0.3, -0.25) is 9.89 Å². The zero-order valence-electron chi connectivity index (χ0n) is 10.3. The van der Waals surface area contributed by atoms with Gasteiger partial charge >= 0.3 is 0 Å². The van der Waals surface area contributed by atoms with Crippen LogP contribution >= 0.6 is 0 Å². The van der Waals surface area contributed by atoms with E-state index in [2.05, 4.69) is 20.7 Å². The van der Waals surface area contributed by atoms with E-state index in [1.165, 1.54) is 0 Å². The average molecular weight is 249 g/mol. The summed E-state index contributed by atoms with van der Waals surface area (Å²) in [7, 11) is 0. The molecule has 0 unspecified atom stereocenters. The lowest BCUT2D eigenvalue weighted by Gasteiger charge is -2.04. The van der Waals surface area contributed by atoms with E-state index in [-0.39, 0.29) is 12.3 Å². The number of aromatic amines is 1. The second-order valence-corrected chi connectivity index (χ2v) is 4.07. The second kappa shape index (κ2) is 4.91. The standard InChI is InChI=1S/C11H15N5O2/c1-6-9(7(2)18-16-6)3-10(17)13-4-8-5-14-15-11(8)12/h5H,3-4H2,1-2H3,(H,13,17)(H3,12,14,15). The molecule has 96 valence electrons. The maximum Gasteiger partial charge on any atom is 0.224 e. The van der Waals surface area contributed by atoms with Gasteiger partial charge in [-0.25, -0.2) is 0 Å². The van der Waals surface area contributed by atoms with Crippen molar-refractivity contribution in [1.82, 2.24) is 20.7 Å². The molecule has 0 fully saturated rings. The number of hydrogen-bond donors (Lipinski definition) is 3. The number of amides is 1. The van der Waals surface area contributed by atoms with Crippen LogP contribution in [-0.2, 0) is 17.8 Å². The minimum atomic E-state index is -0.106. The Morgan fingerprint density at radius 3 is 2.89 bits per heavy atom. The van der Waals surface area contributed by atoms with E-state index >= 15 is 0 Å². The largest absolute Gasteiger partial charge is 0.384 e. The zero-order chi connectivity index (χ0) is 13.1. The van der Waals surface area contributed by atoms with Gasteiger partial charge in [0, 0.05) is 17.7 Å². The van der Waals surface area contributed by atoms with Gasteiger partial charge in [0.2, 0.25) is 5.91 Å². The van der Waals surface area contributed by atoms with Crippen LogP contribution in [0.25, 0.3) is 0 Å². The maximum absolute atomic E-state index is 11.8. The van der Waals surface area contributed by atoms with Crippen LogP contribution in [0.1, 0.15) is 22.6 Å². The van der Waals surface area contributed by atoms with Crippen molar-refractivity contribution >= 4 is 11.7 Å². The molecule has 0 spiro atoms. The van der Waals surface area contributed by atoms with Crippen molar-refractivity contribution in [3.05, 3.63) is 28.8 Å². The molecule has 2 aromatic rings. The number of nitrogen functional groups attached to an aromatic ring is 1. The Morgan fingerprint density at radius 2 is 2.33 bits per heavy atom. The number of carbonyl (C=O) groups excluding carboxylic acids is 1. The van der Waals surface area contributed by atoms with Crippen molar-refractivity contribution in [1.29, 1.82) is 0 Å². The molecule has 0 radical (unpaired) electrons. The minimum absolute atomic E-state index is 0.106. The van der Waals surface area contributed by atoms with Crippen molar-refractivity contribution in [2.24, 2.45) is 0 Å². The van der Waals surface area contributed by atoms with Crippen LogP contribution in [0.3, 0.4) is 0 Å². The van der Waals surface area contributed by atoms with Gasteiger partial charge in [0.05, 0.1) is 18.3 Å². The molecule has 0 aliphatic carbocycles. The number of rotatable bonds is 4. The minimum Gasteiger partial charge on any atom is -0.384 e. The monoisotopic (exact) mass is 249 g/mol. The molecule has 2 rings (SSSR count). The predicted octanol–water partition coefficient (Wildman–Crippen LogP) is 0.456. The van der Waals surface area contributed by atoms with Crippen molar-refractivity contribution in [3.63, 3.8) is 0 Å². The SMILES string of the molecule is Cc1noc(C)c1CC(=O)NCc1cn[nH]c1N. The van der Waals surface area contributed by atoms with Crippen molar-refractivity contribution in [3.8, 4) is 0 Å². The van der Waals surface area contributed by atoms with Crippen LogP contribution < -0.4 is 11.1 Å². The summed E-state index contributed by atoms with van der Waals surface area (Å²) < 4.78 is 5.00. The number of aryl methyl sites for hydroxylation is 2. The predicted molar refractivity (Wildman–Crippen MR) is 64.5 cm³/mol. The fourth-order valence-electron chi connectivity index (χ4n) is 1.63. The van der Waals surface area contributed by atoms with E-state index < -0.39 is 0 Å². The van der Waals surface area contributed by atoms with Gasteiger partial charge in [0.1, 0.15) is 11.6 Å². The summed E-state index contributed by atoms with van der Waals surface area (Å²) in [6.07, 6.45) is 1.84. The molecule has 2 aromatic heterocycles. The van der Waals surface area contributed by atoms with Crippen LogP contribution in [0.4, 0.5) is 5.82 Å². The summed E-state index contributed by atoms with van der Waals surface area (Å²) >= 11 is 0.